The molecule has 3 heterocycles. The van der Waals surface area contributed by atoms with E-state index in [0.717, 1.165) is 0 Å². The first-order valence-corrected chi connectivity index (χ1v) is 9.66. The summed E-state index contributed by atoms with van der Waals surface area (Å²) in [6.07, 6.45) is 3.36. The Bertz CT molecular complexity index is 1420. The van der Waals surface area contributed by atoms with Crippen LogP contribution in [0.3, 0.4) is 0 Å². The molecule has 0 saturated heterocycles. The predicted molar refractivity (Wildman–Crippen MR) is 116 cm³/mol. The van der Waals surface area contributed by atoms with Crippen molar-refractivity contribution in [3.05, 3.63) is 57.6 Å². The molecule has 0 aliphatic heterocycles. The molecule has 0 radical (unpaired) electrons. The normalized spacial score (nSPS) is 11.9. The molecule has 1 atom stereocenters. The molecule has 11 nitrogen and oxygen atoms in total. The maximum Gasteiger partial charge on any atom is 0.269 e. The number of benzene rings is 1. The number of aromatic amines is 1. The number of nitrogens with zero attached hydrogens (tertiary/aromatic N) is 6. The van der Waals surface area contributed by atoms with E-state index in [-0.39, 0.29) is 39.9 Å². The minimum absolute atomic E-state index is 0.0119. The van der Waals surface area contributed by atoms with Gasteiger partial charge in [-0.1, -0.05) is 13.0 Å². The van der Waals surface area contributed by atoms with Crippen LogP contribution in [0.2, 0.25) is 0 Å². The van der Waals surface area contributed by atoms with Crippen molar-refractivity contribution in [3.8, 4) is 11.8 Å². The summed E-state index contributed by atoms with van der Waals surface area (Å²) in [4.78, 5) is 26.0. The number of nitriles is 1. The minimum atomic E-state index is -0.670. The molecule has 12 heteroatoms. The second-order valence-corrected chi connectivity index (χ2v) is 7.06. The first-order valence-electron chi connectivity index (χ1n) is 9.66. The fraction of sp³-hybridized carbons (Fsp3) is 0.200. The van der Waals surface area contributed by atoms with Crippen LogP contribution in [0.25, 0.3) is 16.6 Å². The van der Waals surface area contributed by atoms with E-state index >= 15 is 0 Å². The number of hydrogen-bond donors (Lipinski definition) is 4. The smallest absolute Gasteiger partial charge is 0.269 e. The van der Waals surface area contributed by atoms with E-state index in [0.29, 0.717) is 17.7 Å². The van der Waals surface area contributed by atoms with Gasteiger partial charge in [0.25, 0.3) is 5.56 Å². The molecular weight excluding hydrogens is 415 g/mol. The first kappa shape index (κ1) is 20.7. The second-order valence-electron chi connectivity index (χ2n) is 7.06. The molecule has 0 spiro atoms. The third-order valence-corrected chi connectivity index (χ3v) is 5.04. The Morgan fingerprint density at radius 3 is 2.75 bits per heavy atom. The van der Waals surface area contributed by atoms with Gasteiger partial charge in [-0.2, -0.15) is 20.3 Å². The highest BCUT2D eigenvalue weighted by atomic mass is 19.1. The van der Waals surface area contributed by atoms with E-state index in [4.69, 9.17) is 11.5 Å². The Balaban J connectivity index is 1.99. The van der Waals surface area contributed by atoms with Gasteiger partial charge in [0.2, 0.25) is 5.95 Å². The molecule has 162 valence electrons. The zero-order valence-electron chi connectivity index (χ0n) is 17.2. The minimum Gasteiger partial charge on any atom is -0.382 e. The summed E-state index contributed by atoms with van der Waals surface area (Å²) in [7, 11) is 0. The summed E-state index contributed by atoms with van der Waals surface area (Å²) in [5.74, 6) is -0.478. The number of halogens is 1. The van der Waals surface area contributed by atoms with Crippen LogP contribution in [0.15, 0.2) is 29.3 Å². The van der Waals surface area contributed by atoms with Crippen molar-refractivity contribution in [3.63, 3.8) is 0 Å². The van der Waals surface area contributed by atoms with E-state index in [9.17, 15) is 14.4 Å². The van der Waals surface area contributed by atoms with Crippen LogP contribution in [-0.2, 0) is 0 Å². The average Bonchev–Trinajstić information content (AvgIpc) is 3.28. The molecule has 0 aliphatic carbocycles. The number of fused-ring (bicyclic) bond motifs is 1. The van der Waals surface area contributed by atoms with E-state index < -0.39 is 17.4 Å². The number of nitrogens with one attached hydrogen (secondary N) is 2. The van der Waals surface area contributed by atoms with E-state index in [2.05, 4.69) is 30.5 Å². The van der Waals surface area contributed by atoms with Crippen molar-refractivity contribution in [2.75, 3.05) is 16.8 Å². The van der Waals surface area contributed by atoms with Crippen LogP contribution in [0, 0.1) is 24.1 Å². The van der Waals surface area contributed by atoms with Crippen LogP contribution in [-0.4, -0.2) is 29.7 Å². The monoisotopic (exact) mass is 434 g/mol. The molecule has 0 amide bonds. The lowest BCUT2D eigenvalue weighted by Crippen LogP contribution is -2.29. The lowest BCUT2D eigenvalue weighted by Gasteiger charge is -2.22. The zero-order chi connectivity index (χ0) is 23.0. The van der Waals surface area contributed by atoms with Crippen molar-refractivity contribution in [2.45, 2.75) is 26.3 Å². The van der Waals surface area contributed by atoms with Crippen molar-refractivity contribution >= 4 is 28.5 Å². The van der Waals surface area contributed by atoms with Gasteiger partial charge < -0.3 is 16.8 Å². The summed E-state index contributed by atoms with van der Waals surface area (Å²) in [6.45, 7) is 3.60. The number of nitrogens with two attached hydrogens (primary N) is 2. The van der Waals surface area contributed by atoms with Gasteiger partial charge in [0.05, 0.1) is 23.4 Å². The van der Waals surface area contributed by atoms with Gasteiger partial charge in [-0.25, -0.2) is 9.37 Å². The number of hydrogen-bond acceptors (Lipinski definition) is 9. The molecule has 32 heavy (non-hydrogen) atoms. The number of H-pyrrole nitrogens is 1. The maximum atomic E-state index is 14.6. The van der Waals surface area contributed by atoms with Crippen molar-refractivity contribution in [2.24, 2.45) is 0 Å². The molecule has 3 aromatic heterocycles. The molecule has 1 unspecified atom stereocenters. The predicted octanol–water partition coefficient (Wildman–Crippen LogP) is 1.95. The van der Waals surface area contributed by atoms with E-state index in [1.54, 1.807) is 13.0 Å². The van der Waals surface area contributed by atoms with Crippen LogP contribution in [0.1, 0.15) is 36.3 Å². The van der Waals surface area contributed by atoms with Crippen LogP contribution >= 0.6 is 0 Å². The van der Waals surface area contributed by atoms with Gasteiger partial charge in [0, 0.05) is 6.20 Å². The summed E-state index contributed by atoms with van der Waals surface area (Å²) < 4.78 is 15.9. The third kappa shape index (κ3) is 3.35. The summed E-state index contributed by atoms with van der Waals surface area (Å²) in [6, 6.07) is 4.13. The molecular formula is C20H19FN10O. The van der Waals surface area contributed by atoms with Crippen molar-refractivity contribution in [1.29, 1.82) is 5.26 Å². The Hall–Kier alpha value is -4.53. The number of aromatic nitrogens is 6. The molecule has 0 aliphatic rings. The van der Waals surface area contributed by atoms with Crippen molar-refractivity contribution < 1.29 is 4.39 Å². The highest BCUT2D eigenvalue weighted by molar-refractivity contribution is 5.82. The average molecular weight is 434 g/mol. The highest BCUT2D eigenvalue weighted by Crippen LogP contribution is 2.28. The van der Waals surface area contributed by atoms with Gasteiger partial charge in [-0.15, -0.1) is 0 Å². The summed E-state index contributed by atoms with van der Waals surface area (Å²) >= 11 is 0. The maximum absolute atomic E-state index is 14.6. The van der Waals surface area contributed by atoms with E-state index in [1.165, 1.54) is 23.0 Å². The Kier molecular flexibility index (Phi) is 5.15. The van der Waals surface area contributed by atoms with Crippen LogP contribution < -0.4 is 22.3 Å². The highest BCUT2D eigenvalue weighted by Gasteiger charge is 2.24. The number of anilines is 3. The van der Waals surface area contributed by atoms with Crippen LogP contribution in [0.5, 0.6) is 0 Å². The van der Waals surface area contributed by atoms with Gasteiger partial charge in [0.15, 0.2) is 5.82 Å². The summed E-state index contributed by atoms with van der Waals surface area (Å²) in [5, 5.41) is 19.0. The molecule has 4 aromatic rings. The van der Waals surface area contributed by atoms with Gasteiger partial charge in [-0.05, 0) is 25.0 Å². The van der Waals surface area contributed by atoms with Gasteiger partial charge >= 0.3 is 0 Å². The van der Waals surface area contributed by atoms with Crippen LogP contribution in [0.4, 0.5) is 22.0 Å². The van der Waals surface area contributed by atoms with Crippen molar-refractivity contribution in [1.82, 2.24) is 29.7 Å². The zero-order valence-corrected chi connectivity index (χ0v) is 17.2. The Labute approximate surface area is 180 Å². The SMILES string of the molecule is CCC(Nc1nc(N)nc(N)c1C#N)c1nc2c(C)ccc(F)c2c(=O)n1-c1cn[nH]c1. The third-order valence-electron chi connectivity index (χ3n) is 5.04. The number of aryl methyl sites for hydroxylation is 1. The largest absolute Gasteiger partial charge is 0.382 e. The fourth-order valence-corrected chi connectivity index (χ4v) is 3.47. The first-order chi connectivity index (χ1) is 15.3. The van der Waals surface area contributed by atoms with Gasteiger partial charge in [0.1, 0.15) is 34.5 Å². The molecule has 0 saturated carbocycles. The molecule has 4 rings (SSSR count). The molecule has 1 aromatic carbocycles. The molecule has 0 fully saturated rings. The summed E-state index contributed by atoms with van der Waals surface area (Å²) in [5.41, 5.74) is 12.2. The second kappa shape index (κ2) is 7.95. The number of rotatable bonds is 5. The standard InChI is InChI=1S/C20H19FN10O/c1-3-13(27-17-11(6-22)16(23)29-20(24)30-17)18-28-15-9(2)4-5-12(21)14(15)19(32)31(18)10-7-25-26-8-10/h4-5,7-8,13H,3H2,1-2H3,(H,25,26)(H5,23,24,27,29,30). The fourth-order valence-electron chi connectivity index (χ4n) is 3.47. The Morgan fingerprint density at radius 1 is 1.31 bits per heavy atom. The lowest BCUT2D eigenvalue weighted by atomic mass is 10.1. The molecule has 0 bridgehead atoms. The topological polar surface area (TPSA) is 177 Å². The lowest BCUT2D eigenvalue weighted by molar-refractivity contribution is 0.629. The van der Waals surface area contributed by atoms with Gasteiger partial charge in [-0.3, -0.25) is 14.5 Å². The van der Waals surface area contributed by atoms with E-state index in [1.807, 2.05) is 13.0 Å². The number of nitrogen functional groups attached to an aromatic ring is 2. The molecule has 6 N–H and O–H groups in total. The quantitative estimate of drug-likeness (QED) is 0.365. The Morgan fingerprint density at radius 2 is 2.09 bits per heavy atom.